The van der Waals surface area contributed by atoms with Crippen molar-refractivity contribution in [2.75, 3.05) is 46.4 Å². The zero-order chi connectivity index (χ0) is 16.9. The number of ether oxygens (including phenoxy) is 1. The number of hydrogen-bond donors (Lipinski definition) is 1. The molecular formula is C14H23N3O4S2. The first kappa shape index (κ1) is 18.3. The Bertz CT molecular complexity index is 596. The van der Waals surface area contributed by atoms with Crippen LogP contribution in [0, 0.1) is 0 Å². The standard InChI is InChI=1S/C14H23N3O4S2/c1-12(14(18)15-5-10-21-2)16-6-8-17(9-7-16)23(19,20)13-4-3-11-22-13/h3-4,11-12H,5-10H2,1-2H3,(H,15,18). The summed E-state index contributed by atoms with van der Waals surface area (Å²) in [7, 11) is -1.81. The van der Waals surface area contributed by atoms with Crippen LogP contribution in [0.25, 0.3) is 0 Å². The van der Waals surface area contributed by atoms with Crippen molar-refractivity contribution >= 4 is 27.3 Å². The molecule has 0 spiro atoms. The largest absolute Gasteiger partial charge is 0.383 e. The van der Waals surface area contributed by atoms with Crippen LogP contribution in [-0.4, -0.2) is 76.0 Å². The number of sulfonamides is 1. The predicted octanol–water partition coefficient (Wildman–Crippen LogP) is 0.206. The van der Waals surface area contributed by atoms with E-state index in [0.29, 0.717) is 43.5 Å². The Kier molecular flexibility index (Phi) is 6.54. The van der Waals surface area contributed by atoms with E-state index in [-0.39, 0.29) is 11.9 Å². The molecule has 1 saturated heterocycles. The van der Waals surface area contributed by atoms with Crippen molar-refractivity contribution in [3.05, 3.63) is 17.5 Å². The van der Waals surface area contributed by atoms with Crippen LogP contribution in [0.3, 0.4) is 0 Å². The van der Waals surface area contributed by atoms with Crippen LogP contribution in [0.4, 0.5) is 0 Å². The van der Waals surface area contributed by atoms with Crippen LogP contribution in [0.5, 0.6) is 0 Å². The summed E-state index contributed by atoms with van der Waals surface area (Å²) in [6.07, 6.45) is 0. The van der Waals surface area contributed by atoms with Crippen LogP contribution in [0.15, 0.2) is 21.7 Å². The van der Waals surface area contributed by atoms with Gasteiger partial charge in [-0.05, 0) is 18.4 Å². The van der Waals surface area contributed by atoms with Gasteiger partial charge in [0.25, 0.3) is 10.0 Å². The predicted molar refractivity (Wildman–Crippen MR) is 89.0 cm³/mol. The molecule has 1 aromatic heterocycles. The molecule has 2 heterocycles. The summed E-state index contributed by atoms with van der Waals surface area (Å²) in [5.74, 6) is -0.0587. The van der Waals surface area contributed by atoms with E-state index in [1.807, 2.05) is 11.8 Å². The molecular weight excluding hydrogens is 338 g/mol. The average Bonchev–Trinajstić information content (AvgIpc) is 3.09. The Morgan fingerprint density at radius 2 is 2.09 bits per heavy atom. The van der Waals surface area contributed by atoms with Gasteiger partial charge in [0.1, 0.15) is 4.21 Å². The van der Waals surface area contributed by atoms with Crippen molar-refractivity contribution in [3.8, 4) is 0 Å². The summed E-state index contributed by atoms with van der Waals surface area (Å²) >= 11 is 1.23. The maximum Gasteiger partial charge on any atom is 0.252 e. The zero-order valence-electron chi connectivity index (χ0n) is 13.4. The van der Waals surface area contributed by atoms with E-state index in [9.17, 15) is 13.2 Å². The van der Waals surface area contributed by atoms with Crippen LogP contribution in [0.2, 0.25) is 0 Å². The molecule has 1 atom stereocenters. The average molecular weight is 361 g/mol. The number of carbonyl (C=O) groups is 1. The second kappa shape index (κ2) is 8.20. The van der Waals surface area contributed by atoms with Gasteiger partial charge in [-0.15, -0.1) is 11.3 Å². The van der Waals surface area contributed by atoms with Gasteiger partial charge in [-0.2, -0.15) is 4.31 Å². The van der Waals surface area contributed by atoms with Crippen LogP contribution >= 0.6 is 11.3 Å². The highest BCUT2D eigenvalue weighted by Gasteiger charge is 2.32. The van der Waals surface area contributed by atoms with Crippen molar-refractivity contribution in [1.82, 2.24) is 14.5 Å². The first-order valence-corrected chi connectivity index (χ1v) is 9.83. The minimum absolute atomic E-state index is 0.0587. The van der Waals surface area contributed by atoms with E-state index < -0.39 is 10.0 Å². The summed E-state index contributed by atoms with van der Waals surface area (Å²) < 4.78 is 31.7. The maximum atomic E-state index is 12.5. The van der Waals surface area contributed by atoms with Gasteiger partial charge in [0.2, 0.25) is 5.91 Å². The molecule has 0 aromatic carbocycles. The summed E-state index contributed by atoms with van der Waals surface area (Å²) in [6, 6.07) is 3.08. The highest BCUT2D eigenvalue weighted by atomic mass is 32.2. The third-order valence-electron chi connectivity index (χ3n) is 3.90. The summed E-state index contributed by atoms with van der Waals surface area (Å²) in [5.41, 5.74) is 0. The number of thiophene rings is 1. The van der Waals surface area contributed by atoms with Gasteiger partial charge < -0.3 is 10.1 Å². The van der Waals surface area contributed by atoms with E-state index in [0.717, 1.165) is 0 Å². The fourth-order valence-electron chi connectivity index (χ4n) is 2.46. The Morgan fingerprint density at radius 3 is 2.65 bits per heavy atom. The van der Waals surface area contributed by atoms with Crippen LogP contribution in [-0.2, 0) is 19.6 Å². The molecule has 1 aliphatic rings. The zero-order valence-corrected chi connectivity index (χ0v) is 15.0. The lowest BCUT2D eigenvalue weighted by atomic mass is 10.2. The SMILES string of the molecule is COCCNC(=O)C(C)N1CCN(S(=O)(=O)c2cccs2)CC1. The molecule has 23 heavy (non-hydrogen) atoms. The molecule has 0 radical (unpaired) electrons. The number of carbonyl (C=O) groups excluding carboxylic acids is 1. The van der Waals surface area contributed by atoms with E-state index in [4.69, 9.17) is 4.74 Å². The molecule has 1 N–H and O–H groups in total. The van der Waals surface area contributed by atoms with Gasteiger partial charge in [0.05, 0.1) is 12.6 Å². The number of nitrogens with zero attached hydrogens (tertiary/aromatic N) is 2. The Labute approximate surface area is 141 Å². The van der Waals surface area contributed by atoms with Crippen molar-refractivity contribution in [2.24, 2.45) is 0 Å². The third kappa shape index (κ3) is 4.51. The van der Waals surface area contributed by atoms with Gasteiger partial charge >= 0.3 is 0 Å². The molecule has 1 aromatic rings. The fraction of sp³-hybridized carbons (Fsp3) is 0.643. The summed E-state index contributed by atoms with van der Waals surface area (Å²) in [5, 5.41) is 4.57. The van der Waals surface area contributed by atoms with Gasteiger partial charge in [-0.1, -0.05) is 6.07 Å². The van der Waals surface area contributed by atoms with E-state index >= 15 is 0 Å². The fourth-order valence-corrected chi connectivity index (χ4v) is 5.03. The van der Waals surface area contributed by atoms with Gasteiger partial charge in [-0.3, -0.25) is 9.69 Å². The molecule has 7 nitrogen and oxygen atoms in total. The van der Waals surface area contributed by atoms with Crippen LogP contribution < -0.4 is 5.32 Å². The molecule has 0 saturated carbocycles. The molecule has 0 aliphatic carbocycles. The highest BCUT2D eigenvalue weighted by Crippen LogP contribution is 2.22. The van der Waals surface area contributed by atoms with Crippen molar-refractivity contribution in [3.63, 3.8) is 0 Å². The van der Waals surface area contributed by atoms with E-state index in [2.05, 4.69) is 5.32 Å². The van der Waals surface area contributed by atoms with Crippen molar-refractivity contribution < 1.29 is 17.9 Å². The molecule has 0 bridgehead atoms. The van der Waals surface area contributed by atoms with Gasteiger partial charge in [0.15, 0.2) is 0 Å². The molecule has 2 rings (SSSR count). The molecule has 1 unspecified atom stereocenters. The molecule has 1 amide bonds. The molecule has 9 heteroatoms. The number of nitrogens with one attached hydrogen (secondary N) is 1. The monoisotopic (exact) mass is 361 g/mol. The number of hydrogen-bond acceptors (Lipinski definition) is 6. The van der Waals surface area contributed by atoms with Gasteiger partial charge in [0, 0.05) is 39.8 Å². The highest BCUT2D eigenvalue weighted by molar-refractivity contribution is 7.91. The number of rotatable bonds is 7. The molecule has 1 fully saturated rings. The lowest BCUT2D eigenvalue weighted by Crippen LogP contribution is -2.55. The van der Waals surface area contributed by atoms with Crippen LogP contribution in [0.1, 0.15) is 6.92 Å². The lowest BCUT2D eigenvalue weighted by molar-refractivity contribution is -0.126. The Balaban J connectivity index is 1.87. The minimum Gasteiger partial charge on any atom is -0.383 e. The number of piperazine rings is 1. The normalized spacial score (nSPS) is 18.7. The molecule has 1 aliphatic heterocycles. The van der Waals surface area contributed by atoms with Gasteiger partial charge in [-0.25, -0.2) is 8.42 Å². The first-order valence-electron chi connectivity index (χ1n) is 7.51. The number of amides is 1. The van der Waals surface area contributed by atoms with E-state index in [1.54, 1.807) is 24.6 Å². The first-order chi connectivity index (χ1) is 11.0. The minimum atomic E-state index is -3.40. The summed E-state index contributed by atoms with van der Waals surface area (Å²) in [4.78, 5) is 14.0. The smallest absolute Gasteiger partial charge is 0.252 e. The second-order valence-corrected chi connectivity index (χ2v) is 8.44. The Hall–Kier alpha value is -1.00. The van der Waals surface area contributed by atoms with Crippen molar-refractivity contribution in [2.45, 2.75) is 17.2 Å². The lowest BCUT2D eigenvalue weighted by Gasteiger charge is -2.36. The topological polar surface area (TPSA) is 79.0 Å². The molecule has 130 valence electrons. The summed E-state index contributed by atoms with van der Waals surface area (Å²) in [6.45, 7) is 4.68. The second-order valence-electron chi connectivity index (χ2n) is 5.33. The third-order valence-corrected chi connectivity index (χ3v) is 7.17. The number of methoxy groups -OCH3 is 1. The van der Waals surface area contributed by atoms with Crippen molar-refractivity contribution in [1.29, 1.82) is 0 Å². The maximum absolute atomic E-state index is 12.5. The Morgan fingerprint density at radius 1 is 1.39 bits per heavy atom. The van der Waals surface area contributed by atoms with E-state index in [1.165, 1.54) is 15.6 Å². The quantitative estimate of drug-likeness (QED) is 0.702.